The summed E-state index contributed by atoms with van der Waals surface area (Å²) in [5.41, 5.74) is 3.42. The zero-order chi connectivity index (χ0) is 20.0. The summed E-state index contributed by atoms with van der Waals surface area (Å²) in [4.78, 5) is 13.2. The molecule has 3 aromatic carbocycles. The molecule has 5 rings (SSSR count). The van der Waals surface area contributed by atoms with Gasteiger partial charge in [-0.2, -0.15) is 16.9 Å². The van der Waals surface area contributed by atoms with E-state index in [2.05, 4.69) is 5.32 Å². The molecule has 2 heterocycles. The van der Waals surface area contributed by atoms with Crippen molar-refractivity contribution >= 4 is 57.5 Å². The number of hydrogen-bond donors (Lipinski definition) is 1. The van der Waals surface area contributed by atoms with E-state index >= 15 is 0 Å². The van der Waals surface area contributed by atoms with E-state index in [1.807, 2.05) is 48.5 Å². The Kier molecular flexibility index (Phi) is 4.74. The number of carbonyl (C=O) groups excluding carboxylic acids is 1. The fourth-order valence-corrected chi connectivity index (χ4v) is 4.87. The maximum atomic E-state index is 13.2. The van der Waals surface area contributed by atoms with Crippen LogP contribution in [0.2, 0.25) is 10.0 Å². The Morgan fingerprint density at radius 2 is 1.83 bits per heavy atom. The van der Waals surface area contributed by atoms with Gasteiger partial charge >= 0.3 is 0 Å². The van der Waals surface area contributed by atoms with E-state index in [-0.39, 0.29) is 5.91 Å². The van der Waals surface area contributed by atoms with Crippen LogP contribution in [0, 0.1) is 0 Å². The number of aromatic nitrogens is 2. The van der Waals surface area contributed by atoms with Crippen molar-refractivity contribution in [2.45, 2.75) is 11.5 Å². The summed E-state index contributed by atoms with van der Waals surface area (Å²) in [5.74, 6) is 2.15. The molecule has 1 aromatic heterocycles. The summed E-state index contributed by atoms with van der Waals surface area (Å²) in [7, 11) is 0. The summed E-state index contributed by atoms with van der Waals surface area (Å²) in [5, 5.41) is 10.7. The molecule has 0 radical (unpaired) electrons. The average Bonchev–Trinajstić information content (AvgIpc) is 3.32. The molecule has 0 bridgehead atoms. The Morgan fingerprint density at radius 1 is 1.00 bits per heavy atom. The fourth-order valence-electron chi connectivity index (χ4n) is 3.54. The lowest BCUT2D eigenvalue weighted by atomic mass is 10.0. The zero-order valence-corrected chi connectivity index (χ0v) is 17.5. The van der Waals surface area contributed by atoms with Crippen molar-refractivity contribution in [1.29, 1.82) is 0 Å². The molecule has 0 saturated heterocycles. The van der Waals surface area contributed by atoms with Crippen molar-refractivity contribution in [2.24, 2.45) is 0 Å². The Balaban J connectivity index is 1.59. The number of amides is 1. The normalized spacial score (nSPS) is 12.9. The van der Waals surface area contributed by atoms with Crippen molar-refractivity contribution in [3.05, 3.63) is 87.5 Å². The van der Waals surface area contributed by atoms with Gasteiger partial charge in [-0.25, -0.2) is 4.68 Å². The van der Waals surface area contributed by atoms with Crippen molar-refractivity contribution in [3.63, 3.8) is 0 Å². The van der Waals surface area contributed by atoms with E-state index in [0.29, 0.717) is 21.4 Å². The molecule has 0 atom stereocenters. The van der Waals surface area contributed by atoms with Gasteiger partial charge in [0.1, 0.15) is 5.82 Å². The summed E-state index contributed by atoms with van der Waals surface area (Å²) in [6.45, 7) is 0. The van der Waals surface area contributed by atoms with E-state index in [9.17, 15) is 4.79 Å². The fraction of sp³-hybridized carbons (Fsp3) is 0.0909. The van der Waals surface area contributed by atoms with Crippen LogP contribution in [0.5, 0.6) is 0 Å². The van der Waals surface area contributed by atoms with Crippen LogP contribution in [-0.2, 0) is 11.5 Å². The predicted octanol–water partition coefficient (Wildman–Crippen LogP) is 6.33. The first kappa shape index (κ1) is 18.6. The van der Waals surface area contributed by atoms with Gasteiger partial charge in [0.2, 0.25) is 0 Å². The number of hydrogen-bond acceptors (Lipinski definition) is 3. The second-order valence-electron chi connectivity index (χ2n) is 6.76. The van der Waals surface area contributed by atoms with E-state index in [1.54, 1.807) is 28.6 Å². The van der Waals surface area contributed by atoms with E-state index in [4.69, 9.17) is 28.3 Å². The molecule has 0 fully saturated rings. The third-order valence-corrected chi connectivity index (χ3v) is 6.68. The molecule has 4 aromatic rings. The van der Waals surface area contributed by atoms with Crippen LogP contribution in [0.4, 0.5) is 5.82 Å². The summed E-state index contributed by atoms with van der Waals surface area (Å²) in [6, 6.07) is 18.9. The van der Waals surface area contributed by atoms with Gasteiger partial charge in [0.05, 0.1) is 21.4 Å². The first-order valence-corrected chi connectivity index (χ1v) is 11.0. The van der Waals surface area contributed by atoms with Crippen LogP contribution in [-0.4, -0.2) is 15.7 Å². The number of carbonyl (C=O) groups is 1. The standard InChI is InChI=1S/C22H15Cl2N3OS/c23-18-9-8-14(10-19(18)24)27-21(17-11-29-12-20(17)26-27)25-22(28)16-7-3-5-13-4-1-2-6-15(13)16/h1-10H,11-12H2,(H,25,28). The van der Waals surface area contributed by atoms with Crippen molar-refractivity contribution < 1.29 is 4.79 Å². The minimum atomic E-state index is -0.164. The number of rotatable bonds is 3. The highest BCUT2D eigenvalue weighted by molar-refractivity contribution is 7.98. The highest BCUT2D eigenvalue weighted by atomic mass is 35.5. The van der Waals surface area contributed by atoms with Gasteiger partial charge in [0.15, 0.2) is 0 Å². The van der Waals surface area contributed by atoms with Gasteiger partial charge in [-0.1, -0.05) is 59.6 Å². The molecule has 29 heavy (non-hydrogen) atoms. The molecule has 4 nitrogen and oxygen atoms in total. The average molecular weight is 440 g/mol. The van der Waals surface area contributed by atoms with Crippen LogP contribution < -0.4 is 5.32 Å². The quantitative estimate of drug-likeness (QED) is 0.405. The van der Waals surface area contributed by atoms with Gasteiger partial charge in [-0.15, -0.1) is 0 Å². The zero-order valence-electron chi connectivity index (χ0n) is 15.2. The first-order valence-electron chi connectivity index (χ1n) is 9.05. The summed E-state index contributed by atoms with van der Waals surface area (Å²) in [6.07, 6.45) is 0. The lowest BCUT2D eigenvalue weighted by Crippen LogP contribution is -2.16. The maximum absolute atomic E-state index is 13.2. The number of benzene rings is 3. The highest BCUT2D eigenvalue weighted by Crippen LogP contribution is 2.37. The first-order chi connectivity index (χ1) is 14.1. The molecule has 1 amide bonds. The summed E-state index contributed by atoms with van der Waals surface area (Å²) >= 11 is 14.1. The van der Waals surface area contributed by atoms with E-state index in [0.717, 1.165) is 39.2 Å². The monoisotopic (exact) mass is 439 g/mol. The number of thioether (sulfide) groups is 1. The lowest BCUT2D eigenvalue weighted by Gasteiger charge is -2.13. The Bertz CT molecular complexity index is 1260. The number of halogens is 2. The van der Waals surface area contributed by atoms with E-state index in [1.165, 1.54) is 0 Å². The second-order valence-corrected chi connectivity index (χ2v) is 8.56. The molecule has 144 valence electrons. The molecule has 7 heteroatoms. The van der Waals surface area contributed by atoms with Gasteiger partial charge in [-0.05, 0) is 35.0 Å². The molecular weight excluding hydrogens is 425 g/mol. The number of anilines is 1. The molecule has 0 unspecified atom stereocenters. The van der Waals surface area contributed by atoms with E-state index < -0.39 is 0 Å². The molecule has 0 spiro atoms. The van der Waals surface area contributed by atoms with Gasteiger partial charge in [0.25, 0.3) is 5.91 Å². The maximum Gasteiger partial charge on any atom is 0.257 e. The number of fused-ring (bicyclic) bond motifs is 2. The smallest absolute Gasteiger partial charge is 0.257 e. The lowest BCUT2D eigenvalue weighted by molar-refractivity contribution is 0.102. The van der Waals surface area contributed by atoms with Crippen molar-refractivity contribution in [3.8, 4) is 5.69 Å². The summed E-state index contributed by atoms with van der Waals surface area (Å²) < 4.78 is 1.75. The molecule has 1 aliphatic heterocycles. The molecular formula is C22H15Cl2N3OS. The third kappa shape index (κ3) is 3.29. The van der Waals surface area contributed by atoms with Gasteiger partial charge in [0, 0.05) is 22.6 Å². The van der Waals surface area contributed by atoms with Crippen LogP contribution in [0.15, 0.2) is 60.7 Å². The molecule has 0 saturated carbocycles. The Morgan fingerprint density at radius 3 is 2.69 bits per heavy atom. The van der Waals surface area contributed by atoms with Gasteiger partial charge in [-0.3, -0.25) is 4.79 Å². The molecule has 0 aliphatic carbocycles. The minimum absolute atomic E-state index is 0.164. The number of nitrogens with zero attached hydrogens (tertiary/aromatic N) is 2. The van der Waals surface area contributed by atoms with Crippen molar-refractivity contribution in [1.82, 2.24) is 9.78 Å². The number of nitrogens with one attached hydrogen (secondary N) is 1. The molecule has 1 N–H and O–H groups in total. The SMILES string of the molecule is O=C(Nc1c2c(nn1-c1ccc(Cl)c(Cl)c1)CSC2)c1cccc2ccccc12. The predicted molar refractivity (Wildman–Crippen MR) is 120 cm³/mol. The van der Waals surface area contributed by atoms with Crippen LogP contribution in [0.1, 0.15) is 21.6 Å². The largest absolute Gasteiger partial charge is 0.306 e. The molecule has 1 aliphatic rings. The third-order valence-electron chi connectivity index (χ3n) is 4.97. The van der Waals surface area contributed by atoms with Crippen LogP contribution >= 0.6 is 35.0 Å². The van der Waals surface area contributed by atoms with Crippen molar-refractivity contribution in [2.75, 3.05) is 5.32 Å². The topological polar surface area (TPSA) is 46.9 Å². The van der Waals surface area contributed by atoms with Gasteiger partial charge < -0.3 is 5.32 Å². The van der Waals surface area contributed by atoms with Crippen LogP contribution in [0.3, 0.4) is 0 Å². The Hall–Kier alpha value is -2.47. The minimum Gasteiger partial charge on any atom is -0.306 e. The highest BCUT2D eigenvalue weighted by Gasteiger charge is 2.25. The second kappa shape index (κ2) is 7.41. The Labute approximate surface area is 181 Å². The van der Waals surface area contributed by atoms with Crippen LogP contribution in [0.25, 0.3) is 16.5 Å².